The minimum Gasteiger partial charge on any atom is -0.481 e. The fourth-order valence-electron chi connectivity index (χ4n) is 1.86. The van der Waals surface area contributed by atoms with E-state index in [1.54, 1.807) is 6.92 Å². The SMILES string of the molecule is CC(NC(=O)C1CC1C(=O)O)c1nc(C(C)(C)C)no1. The molecule has 1 amide bonds. The average molecular weight is 281 g/mol. The lowest BCUT2D eigenvalue weighted by Gasteiger charge is -2.11. The Morgan fingerprint density at radius 1 is 1.40 bits per heavy atom. The molecule has 1 aliphatic carbocycles. The van der Waals surface area contributed by atoms with Gasteiger partial charge in [0, 0.05) is 5.41 Å². The van der Waals surface area contributed by atoms with Crippen molar-refractivity contribution in [3.05, 3.63) is 11.7 Å². The Bertz CT molecular complexity index is 532. The number of nitrogens with one attached hydrogen (secondary N) is 1. The third-order valence-electron chi connectivity index (χ3n) is 3.29. The Morgan fingerprint density at radius 2 is 2.05 bits per heavy atom. The first-order valence-corrected chi connectivity index (χ1v) is 6.57. The number of hydrogen-bond donors (Lipinski definition) is 2. The second-order valence-electron chi connectivity index (χ2n) is 6.22. The maximum absolute atomic E-state index is 11.8. The van der Waals surface area contributed by atoms with Crippen molar-refractivity contribution in [2.75, 3.05) is 0 Å². The smallest absolute Gasteiger partial charge is 0.307 e. The number of carbonyl (C=O) groups excluding carboxylic acids is 1. The van der Waals surface area contributed by atoms with Gasteiger partial charge in [-0.1, -0.05) is 25.9 Å². The number of amides is 1. The number of nitrogens with zero attached hydrogens (tertiary/aromatic N) is 2. The van der Waals surface area contributed by atoms with Gasteiger partial charge >= 0.3 is 5.97 Å². The van der Waals surface area contributed by atoms with Gasteiger partial charge in [0.15, 0.2) is 5.82 Å². The highest BCUT2D eigenvalue weighted by atomic mass is 16.5. The summed E-state index contributed by atoms with van der Waals surface area (Å²) in [6.45, 7) is 7.63. The van der Waals surface area contributed by atoms with Gasteiger partial charge in [-0.3, -0.25) is 9.59 Å². The summed E-state index contributed by atoms with van der Waals surface area (Å²) in [6, 6.07) is -0.429. The molecule has 7 nitrogen and oxygen atoms in total. The van der Waals surface area contributed by atoms with E-state index in [9.17, 15) is 9.59 Å². The topological polar surface area (TPSA) is 105 Å². The normalized spacial score (nSPS) is 23.2. The Hall–Kier alpha value is -1.92. The molecule has 0 radical (unpaired) electrons. The van der Waals surface area contributed by atoms with Crippen LogP contribution in [0.4, 0.5) is 0 Å². The molecule has 110 valence electrons. The van der Waals surface area contributed by atoms with Crippen LogP contribution in [0.15, 0.2) is 4.52 Å². The van der Waals surface area contributed by atoms with Crippen molar-refractivity contribution in [2.45, 2.75) is 45.6 Å². The maximum Gasteiger partial charge on any atom is 0.307 e. The minimum absolute atomic E-state index is 0.226. The molecule has 1 fully saturated rings. The van der Waals surface area contributed by atoms with Crippen LogP contribution in [-0.4, -0.2) is 27.1 Å². The fourth-order valence-corrected chi connectivity index (χ4v) is 1.86. The van der Waals surface area contributed by atoms with Crippen molar-refractivity contribution < 1.29 is 19.2 Å². The number of carboxylic acids is 1. The van der Waals surface area contributed by atoms with E-state index in [1.807, 2.05) is 20.8 Å². The molecule has 2 rings (SSSR count). The van der Waals surface area contributed by atoms with Gasteiger partial charge in [0.25, 0.3) is 0 Å². The van der Waals surface area contributed by atoms with E-state index >= 15 is 0 Å². The standard InChI is InChI=1S/C13H19N3O4/c1-6(10-15-12(16-20-10)13(2,3)4)14-9(17)7-5-8(7)11(18)19/h6-8H,5H2,1-4H3,(H,14,17)(H,18,19). The molecule has 7 heteroatoms. The van der Waals surface area contributed by atoms with Gasteiger partial charge in [0.05, 0.1) is 11.8 Å². The molecule has 1 saturated carbocycles. The Kier molecular flexibility index (Phi) is 3.54. The first-order valence-electron chi connectivity index (χ1n) is 6.57. The number of carbonyl (C=O) groups is 2. The molecule has 0 saturated heterocycles. The number of hydrogen-bond acceptors (Lipinski definition) is 5. The summed E-state index contributed by atoms with van der Waals surface area (Å²) in [7, 11) is 0. The first-order chi connectivity index (χ1) is 9.20. The molecule has 20 heavy (non-hydrogen) atoms. The molecular formula is C13H19N3O4. The lowest BCUT2D eigenvalue weighted by atomic mass is 9.96. The summed E-state index contributed by atoms with van der Waals surface area (Å²) < 4.78 is 5.14. The quantitative estimate of drug-likeness (QED) is 0.860. The summed E-state index contributed by atoms with van der Waals surface area (Å²) in [6.07, 6.45) is 0.394. The second-order valence-corrected chi connectivity index (χ2v) is 6.22. The van der Waals surface area contributed by atoms with Crippen LogP contribution in [0, 0.1) is 11.8 Å². The summed E-state index contributed by atoms with van der Waals surface area (Å²) in [5.41, 5.74) is -0.226. The van der Waals surface area contributed by atoms with Crippen molar-refractivity contribution in [2.24, 2.45) is 11.8 Å². The van der Waals surface area contributed by atoms with Gasteiger partial charge in [-0.05, 0) is 13.3 Å². The van der Waals surface area contributed by atoms with Crippen LogP contribution in [0.25, 0.3) is 0 Å². The lowest BCUT2D eigenvalue weighted by molar-refractivity contribution is -0.140. The minimum atomic E-state index is -0.925. The maximum atomic E-state index is 11.8. The third-order valence-corrected chi connectivity index (χ3v) is 3.29. The predicted octanol–water partition coefficient (Wildman–Crippen LogP) is 1.27. The van der Waals surface area contributed by atoms with Crippen LogP contribution < -0.4 is 5.32 Å². The van der Waals surface area contributed by atoms with Gasteiger partial charge < -0.3 is 14.9 Å². The van der Waals surface area contributed by atoms with Crippen LogP contribution in [0.5, 0.6) is 0 Å². The highest BCUT2D eigenvalue weighted by Crippen LogP contribution is 2.39. The highest BCUT2D eigenvalue weighted by molar-refractivity contribution is 5.89. The van der Waals surface area contributed by atoms with Crippen LogP contribution >= 0.6 is 0 Å². The Labute approximate surface area is 116 Å². The van der Waals surface area contributed by atoms with Gasteiger partial charge in [-0.2, -0.15) is 4.98 Å². The third kappa shape index (κ3) is 2.97. The largest absolute Gasteiger partial charge is 0.481 e. The van der Waals surface area contributed by atoms with Crippen molar-refractivity contribution >= 4 is 11.9 Å². The van der Waals surface area contributed by atoms with Crippen molar-refractivity contribution in [3.8, 4) is 0 Å². The molecular weight excluding hydrogens is 262 g/mol. The molecule has 0 aromatic carbocycles. The summed E-state index contributed by atoms with van der Waals surface area (Å²) >= 11 is 0. The zero-order chi connectivity index (χ0) is 15.1. The van der Waals surface area contributed by atoms with Crippen molar-refractivity contribution in [1.29, 1.82) is 0 Å². The number of aromatic nitrogens is 2. The Morgan fingerprint density at radius 3 is 2.50 bits per heavy atom. The zero-order valence-corrected chi connectivity index (χ0v) is 12.0. The second kappa shape index (κ2) is 4.88. The van der Waals surface area contributed by atoms with Crippen molar-refractivity contribution in [1.82, 2.24) is 15.5 Å². The van der Waals surface area contributed by atoms with Gasteiger partial charge in [0.1, 0.15) is 6.04 Å². The van der Waals surface area contributed by atoms with Crippen LogP contribution in [0.3, 0.4) is 0 Å². The van der Waals surface area contributed by atoms with E-state index in [0.29, 0.717) is 18.1 Å². The monoisotopic (exact) mass is 281 g/mol. The fraction of sp³-hybridized carbons (Fsp3) is 0.692. The predicted molar refractivity (Wildman–Crippen MR) is 68.8 cm³/mol. The molecule has 0 bridgehead atoms. The molecule has 1 aliphatic rings. The van der Waals surface area contributed by atoms with E-state index in [0.717, 1.165) is 0 Å². The van der Waals surface area contributed by atoms with E-state index in [4.69, 9.17) is 9.63 Å². The van der Waals surface area contributed by atoms with Gasteiger partial charge in [0.2, 0.25) is 11.8 Å². The Balaban J connectivity index is 1.95. The molecule has 3 unspecified atom stereocenters. The number of aliphatic carboxylic acids is 1. The zero-order valence-electron chi connectivity index (χ0n) is 12.0. The molecule has 3 atom stereocenters. The van der Waals surface area contributed by atoms with Crippen LogP contribution in [0.2, 0.25) is 0 Å². The van der Waals surface area contributed by atoms with Crippen LogP contribution in [0.1, 0.15) is 51.9 Å². The van der Waals surface area contributed by atoms with E-state index in [2.05, 4.69) is 15.5 Å². The first kappa shape index (κ1) is 14.5. The number of carboxylic acid groups (broad SMARTS) is 1. The highest BCUT2D eigenvalue weighted by Gasteiger charge is 2.48. The molecule has 1 aromatic heterocycles. The number of rotatable bonds is 4. The van der Waals surface area contributed by atoms with E-state index in [-0.39, 0.29) is 11.3 Å². The van der Waals surface area contributed by atoms with Crippen LogP contribution in [-0.2, 0) is 15.0 Å². The molecule has 0 spiro atoms. The van der Waals surface area contributed by atoms with Gasteiger partial charge in [-0.15, -0.1) is 0 Å². The van der Waals surface area contributed by atoms with E-state index < -0.39 is 23.8 Å². The molecule has 1 aromatic rings. The lowest BCUT2D eigenvalue weighted by Crippen LogP contribution is -2.29. The van der Waals surface area contributed by atoms with Gasteiger partial charge in [-0.25, -0.2) is 0 Å². The molecule has 1 heterocycles. The average Bonchev–Trinajstić information content (AvgIpc) is 2.96. The molecule has 2 N–H and O–H groups in total. The van der Waals surface area contributed by atoms with E-state index in [1.165, 1.54) is 0 Å². The molecule has 0 aliphatic heterocycles. The van der Waals surface area contributed by atoms with Crippen molar-refractivity contribution in [3.63, 3.8) is 0 Å². The summed E-state index contributed by atoms with van der Waals surface area (Å²) in [4.78, 5) is 26.8. The summed E-state index contributed by atoms with van der Waals surface area (Å²) in [5, 5.41) is 15.4. The summed E-state index contributed by atoms with van der Waals surface area (Å²) in [5.74, 6) is -1.31.